The molecule has 82 heavy (non-hydrogen) atoms. The minimum absolute atomic E-state index is 0.0736. The summed E-state index contributed by atoms with van der Waals surface area (Å²) in [5.74, 6) is -11.1. The van der Waals surface area contributed by atoms with Crippen molar-refractivity contribution in [2.24, 2.45) is 10.8 Å². The molecule has 0 radical (unpaired) electrons. The minimum Gasteiger partial charge on any atom is -0.451 e. The maximum absolute atomic E-state index is 15.8. The van der Waals surface area contributed by atoms with Gasteiger partial charge in [-0.15, -0.1) is 26.3 Å². The van der Waals surface area contributed by atoms with Crippen LogP contribution in [0.3, 0.4) is 0 Å². The zero-order valence-electron chi connectivity index (χ0n) is 49.0. The van der Waals surface area contributed by atoms with Gasteiger partial charge < -0.3 is 48.0 Å². The van der Waals surface area contributed by atoms with Crippen LogP contribution in [0.1, 0.15) is 120 Å². The van der Waals surface area contributed by atoms with Crippen molar-refractivity contribution in [2.45, 2.75) is 194 Å². The molecule has 0 spiro atoms. The van der Waals surface area contributed by atoms with Crippen LogP contribution in [0.4, 0.5) is 35.1 Å². The van der Waals surface area contributed by atoms with E-state index >= 15 is 8.78 Å². The molecule has 26 heteroatoms. The number of likely N-dealkylation sites (N-methyl/N-ethyl adjacent to an activating group) is 4. The average molecular weight is 1180 g/mol. The number of rotatable bonds is 12. The molecule has 0 aliphatic carbocycles. The second-order valence-corrected chi connectivity index (χ2v) is 24.0. The normalized spacial score (nSPS) is 23.9. The van der Waals surface area contributed by atoms with Gasteiger partial charge in [-0.2, -0.15) is 0 Å². The summed E-state index contributed by atoms with van der Waals surface area (Å²) in [4.78, 5) is 119. The van der Waals surface area contributed by atoms with E-state index in [-0.39, 0.29) is 24.0 Å². The van der Waals surface area contributed by atoms with E-state index in [0.29, 0.717) is 9.80 Å². The molecule has 8 atom stereocenters. The minimum atomic E-state index is -5.08. The molecule has 0 N–H and O–H groups in total. The highest BCUT2D eigenvalue weighted by Gasteiger charge is 2.46. The number of hydrogen-bond acceptors (Lipinski definition) is 14. The summed E-state index contributed by atoms with van der Waals surface area (Å²) >= 11 is 0. The number of cyclic esters (lactones) is 4. The van der Waals surface area contributed by atoms with E-state index in [1.807, 2.05) is 0 Å². The Kier molecular flexibility index (Phi) is 23.0. The van der Waals surface area contributed by atoms with Gasteiger partial charge in [0, 0.05) is 53.9 Å². The number of esters is 4. The molecule has 2 aromatic rings. The van der Waals surface area contributed by atoms with Crippen molar-refractivity contribution in [3.63, 3.8) is 0 Å². The maximum Gasteiger partial charge on any atom is 0.573 e. The molecule has 1 aliphatic rings. The summed E-state index contributed by atoms with van der Waals surface area (Å²) in [5.41, 5.74) is -6.05. The van der Waals surface area contributed by atoms with Gasteiger partial charge in [-0.25, -0.2) is 28.0 Å². The third kappa shape index (κ3) is 22.2. The van der Waals surface area contributed by atoms with Gasteiger partial charge in [0.15, 0.2) is 24.4 Å². The van der Waals surface area contributed by atoms with Crippen LogP contribution >= 0.6 is 0 Å². The first-order chi connectivity index (χ1) is 37.2. The maximum atomic E-state index is 15.8. The molecule has 0 bridgehead atoms. The van der Waals surface area contributed by atoms with Crippen LogP contribution in [-0.4, -0.2) is 168 Å². The molecule has 1 saturated heterocycles. The first kappa shape index (κ1) is 69.5. The lowest BCUT2D eigenvalue weighted by Crippen LogP contribution is -2.55. The molecule has 0 saturated carbocycles. The second-order valence-electron chi connectivity index (χ2n) is 24.0. The summed E-state index contributed by atoms with van der Waals surface area (Å²) in [6, 6.07) is 1.06. The predicted molar refractivity (Wildman–Crippen MR) is 279 cm³/mol. The molecule has 1 aliphatic heterocycles. The van der Waals surface area contributed by atoms with Crippen molar-refractivity contribution >= 4 is 47.5 Å². The SMILES string of the molecule is C[C@H]1OC(=O)[C@H](CC(C)(C)C)N(C)C(=O)[C@@H](Cc2ccc(OC(F)(F)F)cc2)OC(=O)[C@H](CC(C)(C)F)N(C)C(=O)[C@@H](C)OC(=O)[C@H](CC(C)(C)C)N(C)C(=O)[C@@H](Cc2ccc(OC(F)(F)F)cc2)OC(=O)[C@H](CC(C)(C)F)N(C)C1=O. The third-order valence-corrected chi connectivity index (χ3v) is 12.8. The zero-order valence-corrected chi connectivity index (χ0v) is 49.0. The number of hydrogen-bond donors (Lipinski definition) is 0. The first-order valence-corrected chi connectivity index (χ1v) is 26.1. The van der Waals surface area contributed by atoms with Crippen molar-refractivity contribution in [1.29, 1.82) is 0 Å². The Labute approximate surface area is 472 Å². The van der Waals surface area contributed by atoms with E-state index in [1.165, 1.54) is 0 Å². The average Bonchev–Trinajstić information content (AvgIpc) is 3.36. The molecule has 460 valence electrons. The van der Waals surface area contributed by atoms with Crippen molar-refractivity contribution in [2.75, 3.05) is 28.2 Å². The lowest BCUT2D eigenvalue weighted by atomic mass is 9.87. The predicted octanol–water partition coefficient (Wildman–Crippen LogP) is 8.43. The van der Waals surface area contributed by atoms with E-state index in [1.54, 1.807) is 41.5 Å². The number of nitrogens with zero attached hydrogens (tertiary/aromatic N) is 4. The Morgan fingerprint density at radius 1 is 0.390 bits per heavy atom. The Hall–Kier alpha value is -6.76. The number of alkyl halides is 8. The number of carbonyl (C=O) groups is 8. The van der Waals surface area contributed by atoms with Gasteiger partial charge >= 0.3 is 36.6 Å². The quantitative estimate of drug-likeness (QED) is 0.111. The summed E-state index contributed by atoms with van der Waals surface area (Å²) in [7, 11) is 4.35. The second kappa shape index (κ2) is 27.1. The van der Waals surface area contributed by atoms with Crippen LogP contribution in [0.15, 0.2) is 48.5 Å². The number of amides is 4. The summed E-state index contributed by atoms with van der Waals surface area (Å²) < 4.78 is 141. The van der Waals surface area contributed by atoms with Crippen LogP contribution in [-0.2, 0) is 70.1 Å². The Balaban J connectivity index is 2.36. The largest absolute Gasteiger partial charge is 0.573 e. The highest BCUT2D eigenvalue weighted by atomic mass is 19.4. The van der Waals surface area contributed by atoms with Crippen LogP contribution in [0.5, 0.6) is 11.5 Å². The fraction of sp³-hybridized carbons (Fsp3) is 0.643. The molecule has 3 rings (SSSR count). The topological polar surface area (TPSA) is 205 Å². The lowest BCUT2D eigenvalue weighted by molar-refractivity contribution is -0.275. The summed E-state index contributed by atoms with van der Waals surface area (Å²) in [6.07, 6.45) is -21.1. The molecule has 4 amide bonds. The van der Waals surface area contributed by atoms with E-state index < -0.39 is 168 Å². The van der Waals surface area contributed by atoms with Gasteiger partial charge in [-0.05, 0) is 101 Å². The monoisotopic (exact) mass is 1180 g/mol. The lowest BCUT2D eigenvalue weighted by Gasteiger charge is -2.37. The molecular formula is C56H76F8N4O14. The number of benzene rings is 2. The third-order valence-electron chi connectivity index (χ3n) is 12.8. The van der Waals surface area contributed by atoms with Crippen LogP contribution in [0.25, 0.3) is 0 Å². The van der Waals surface area contributed by atoms with E-state index in [0.717, 1.165) is 128 Å². The summed E-state index contributed by atoms with van der Waals surface area (Å²) in [6.45, 7) is 16.5. The van der Waals surface area contributed by atoms with Gasteiger partial charge in [0.25, 0.3) is 23.6 Å². The van der Waals surface area contributed by atoms with Crippen molar-refractivity contribution < 1.29 is 102 Å². The van der Waals surface area contributed by atoms with Gasteiger partial charge in [0.2, 0.25) is 0 Å². The molecule has 0 unspecified atom stereocenters. The number of halogens is 8. The van der Waals surface area contributed by atoms with Crippen LogP contribution in [0, 0.1) is 10.8 Å². The highest BCUT2D eigenvalue weighted by molar-refractivity contribution is 5.94. The Bertz CT molecular complexity index is 2370. The van der Waals surface area contributed by atoms with E-state index in [2.05, 4.69) is 9.47 Å². The number of carbonyl (C=O) groups excluding carboxylic acids is 8. The molecular weight excluding hydrogens is 1100 g/mol. The van der Waals surface area contributed by atoms with E-state index in [9.17, 15) is 64.7 Å². The molecule has 2 aromatic carbocycles. The van der Waals surface area contributed by atoms with Gasteiger partial charge in [0.1, 0.15) is 47.0 Å². The summed E-state index contributed by atoms with van der Waals surface area (Å²) in [5, 5.41) is 0. The fourth-order valence-corrected chi connectivity index (χ4v) is 8.72. The van der Waals surface area contributed by atoms with Gasteiger partial charge in [-0.3, -0.25) is 19.2 Å². The zero-order chi connectivity index (χ0) is 63.0. The van der Waals surface area contributed by atoms with Crippen LogP contribution < -0.4 is 9.47 Å². The first-order valence-electron chi connectivity index (χ1n) is 26.1. The highest BCUT2D eigenvalue weighted by Crippen LogP contribution is 2.32. The smallest absolute Gasteiger partial charge is 0.451 e. The van der Waals surface area contributed by atoms with E-state index in [4.69, 9.17) is 18.9 Å². The Morgan fingerprint density at radius 3 is 0.878 bits per heavy atom. The van der Waals surface area contributed by atoms with Gasteiger partial charge in [0.05, 0.1) is 0 Å². The van der Waals surface area contributed by atoms with Crippen molar-refractivity contribution in [3.8, 4) is 11.5 Å². The van der Waals surface area contributed by atoms with Crippen molar-refractivity contribution in [3.05, 3.63) is 59.7 Å². The number of ether oxygens (including phenoxy) is 6. The van der Waals surface area contributed by atoms with Crippen molar-refractivity contribution in [1.82, 2.24) is 19.6 Å². The molecule has 1 fully saturated rings. The fourth-order valence-electron chi connectivity index (χ4n) is 8.72. The Morgan fingerprint density at radius 2 is 0.634 bits per heavy atom. The molecule has 18 nitrogen and oxygen atoms in total. The van der Waals surface area contributed by atoms with Gasteiger partial charge in [-0.1, -0.05) is 65.8 Å². The standard InChI is InChI=1S/C56H76F8N4O14/c1-31-43(69)65(13)39(29-53(9,10)57)49(75)79-42(26-34-19-23-36(24-20-34)82-56(62,63)64)46(72)68(16)38(28-52(6,7)8)48(74)78-32(2)44(70)66(14)40(30-54(11,12)58)50(76)80-41(25-33-17-21-35(22-18-33)81-55(59,60)61)45(71)67(15)37(47(73)77-31)27-51(3,4)5/h17-24,31-32,37-42H,25-30H2,1-16H3/t31-,32-,37+,38+,39+,40+,41-,42-/m1/s1. The molecule has 0 aromatic heterocycles. The van der Waals surface area contributed by atoms with Crippen LogP contribution in [0.2, 0.25) is 0 Å². The molecule has 1 heterocycles.